The molecule has 418 valence electrons. The maximum atomic E-state index is 7.53. The number of hydrogen-bond donors (Lipinski definition) is 0. The van der Waals surface area contributed by atoms with Gasteiger partial charge in [-0.1, -0.05) is 155 Å². The predicted octanol–water partition coefficient (Wildman–Crippen LogP) is 17.6. The second-order valence-electron chi connectivity index (χ2n) is 25.0. The summed E-state index contributed by atoms with van der Waals surface area (Å²) in [5.74, 6) is 0. The Hall–Kier alpha value is -6.52. The molecule has 8 aromatic rings. The van der Waals surface area contributed by atoms with Gasteiger partial charge in [0, 0.05) is 72.9 Å². The highest BCUT2D eigenvalue weighted by Crippen LogP contribution is 2.33. The van der Waals surface area contributed by atoms with Gasteiger partial charge in [0.25, 0.3) is 0 Å². The molecular weight excluding hydrogens is 957 g/mol. The molecule has 4 heteroatoms. The van der Waals surface area contributed by atoms with Crippen molar-refractivity contribution in [1.82, 2.24) is 0 Å². The molecule has 0 amide bonds. The van der Waals surface area contributed by atoms with Crippen molar-refractivity contribution in [2.75, 3.05) is 0 Å². The number of benzene rings is 4. The topological polar surface area (TPSA) is 15.5 Å². The van der Waals surface area contributed by atoms with E-state index < -0.39 is 6.85 Å². The lowest BCUT2D eigenvalue weighted by molar-refractivity contribution is -0.661. The van der Waals surface area contributed by atoms with Crippen LogP contribution in [0.1, 0.15) is 174 Å². The second-order valence-corrected chi connectivity index (χ2v) is 25.0. The lowest BCUT2D eigenvalue weighted by Gasteiger charge is -2.24. The molecule has 0 saturated heterocycles. The van der Waals surface area contributed by atoms with Crippen LogP contribution in [-0.4, -0.2) is 0 Å². The molecule has 79 heavy (non-hydrogen) atoms. The van der Waals surface area contributed by atoms with Crippen molar-refractivity contribution in [2.24, 2.45) is 28.2 Å². The Balaban J connectivity index is 0.000000201. The predicted molar refractivity (Wildman–Crippen MR) is 339 cm³/mol. The minimum atomic E-state index is -2.06. The van der Waals surface area contributed by atoms with Crippen LogP contribution < -0.4 is 18.3 Å². The van der Waals surface area contributed by atoms with E-state index in [0.29, 0.717) is 5.56 Å². The van der Waals surface area contributed by atoms with E-state index in [1.54, 1.807) is 12.1 Å². The molecule has 0 unspecified atom stereocenters. The standard InChI is InChI=1S/3C19H26N.C18H24N/c2*1-7-19(4,5)16-9-11-18(20(6)13-16)17-10-8-14(2)12-15(17)3;1-7-19(4,5)17-13-20(6)18(12-15(17)3)16-11-9-8-10-14(16)2;1-6-18(3,4)15-11-12-17(19(5)13-15)16-10-8-7-9-14(16)2/h3*8-13H,7H2,1-6H3;7-13H,6H2,1-5H3/q4*+1/i2D3;;;. The summed E-state index contributed by atoms with van der Waals surface area (Å²) >= 11 is 0. The zero-order valence-corrected chi connectivity index (χ0v) is 53.1. The smallest absolute Gasteiger partial charge is 0.201 e. The summed E-state index contributed by atoms with van der Waals surface area (Å²) in [5, 5.41) is 0. The van der Waals surface area contributed by atoms with Crippen LogP contribution in [-0.2, 0) is 49.9 Å². The van der Waals surface area contributed by atoms with Crippen molar-refractivity contribution >= 4 is 0 Å². The third kappa shape index (κ3) is 15.7. The van der Waals surface area contributed by atoms with Crippen molar-refractivity contribution in [2.45, 2.75) is 179 Å². The lowest BCUT2D eigenvalue weighted by atomic mass is 9.80. The SMILES string of the molecule is CCC(C)(C)c1c[n+](C)c(-c2ccccc2C)cc1C.CCC(C)(C)c1ccc(-c2ccc(C)cc2C)[n+](C)c1.CCC(C)(C)c1ccc(-c2ccccc2C)[n+](C)c1.[2H]C([2H])([2H])c1ccc(-c2ccc(C(C)(C)CC)c[n+]2C)c(C)c1. The van der Waals surface area contributed by atoms with Crippen LogP contribution in [0.5, 0.6) is 0 Å². The van der Waals surface area contributed by atoms with Crippen LogP contribution in [0.15, 0.2) is 152 Å². The highest BCUT2D eigenvalue weighted by molar-refractivity contribution is 5.64. The highest BCUT2D eigenvalue weighted by atomic mass is 14.9. The van der Waals surface area contributed by atoms with Crippen LogP contribution >= 0.6 is 0 Å². The average molecular weight is 1060 g/mol. The van der Waals surface area contributed by atoms with Gasteiger partial charge in [0.05, 0.1) is 0 Å². The summed E-state index contributed by atoms with van der Waals surface area (Å²) in [6.07, 6.45) is 13.6. The lowest BCUT2D eigenvalue weighted by Crippen LogP contribution is -2.34. The monoisotopic (exact) mass is 1060 g/mol. The van der Waals surface area contributed by atoms with Gasteiger partial charge in [-0.25, -0.2) is 18.3 Å². The van der Waals surface area contributed by atoms with Gasteiger partial charge in [0.15, 0.2) is 24.8 Å². The van der Waals surface area contributed by atoms with Crippen LogP contribution in [0.25, 0.3) is 45.0 Å². The number of hydrogen-bond acceptors (Lipinski definition) is 0. The van der Waals surface area contributed by atoms with Crippen LogP contribution in [0.2, 0.25) is 0 Å². The van der Waals surface area contributed by atoms with E-state index in [0.717, 1.165) is 42.5 Å². The Labute approximate surface area is 485 Å². The molecule has 8 rings (SSSR count). The number of aryl methyl sites for hydroxylation is 11. The first kappa shape index (κ1) is 58.6. The fraction of sp³-hybridized carbons (Fsp3) is 0.413. The van der Waals surface area contributed by atoms with E-state index in [-0.39, 0.29) is 21.7 Å². The molecule has 0 aliphatic heterocycles. The normalized spacial score (nSPS) is 12.4. The van der Waals surface area contributed by atoms with Crippen LogP contribution in [0.4, 0.5) is 0 Å². The van der Waals surface area contributed by atoms with E-state index in [1.165, 1.54) is 83.8 Å². The van der Waals surface area contributed by atoms with E-state index in [9.17, 15) is 0 Å². The van der Waals surface area contributed by atoms with Crippen molar-refractivity contribution in [3.63, 3.8) is 0 Å². The second kappa shape index (κ2) is 26.6. The van der Waals surface area contributed by atoms with Crippen molar-refractivity contribution < 1.29 is 22.4 Å². The fourth-order valence-electron chi connectivity index (χ4n) is 10.2. The van der Waals surface area contributed by atoms with E-state index in [2.05, 4.69) is 291 Å². The molecule has 0 N–H and O–H groups in total. The first-order valence-electron chi connectivity index (χ1n) is 30.6. The third-order valence-electron chi connectivity index (χ3n) is 17.5. The summed E-state index contributed by atoms with van der Waals surface area (Å²) in [6, 6.07) is 44.9. The first-order valence-corrected chi connectivity index (χ1v) is 29.1. The molecule has 0 bridgehead atoms. The Bertz CT molecular complexity index is 3470. The molecule has 4 nitrogen and oxygen atoms in total. The number of pyridine rings is 4. The summed E-state index contributed by atoms with van der Waals surface area (Å²) in [7, 11) is 8.47. The maximum Gasteiger partial charge on any atom is 0.212 e. The Morgan fingerprint density at radius 1 is 0.329 bits per heavy atom. The molecule has 0 atom stereocenters. The van der Waals surface area contributed by atoms with Gasteiger partial charge < -0.3 is 0 Å². The van der Waals surface area contributed by atoms with Gasteiger partial charge in [0.2, 0.25) is 22.8 Å². The number of nitrogens with zero attached hydrogens (tertiary/aromatic N) is 4. The third-order valence-corrected chi connectivity index (χ3v) is 17.5. The Morgan fingerprint density at radius 3 is 1.00 bits per heavy atom. The summed E-state index contributed by atoms with van der Waals surface area (Å²) < 4.78 is 31.5. The quantitative estimate of drug-likeness (QED) is 0.108. The van der Waals surface area contributed by atoms with Gasteiger partial charge >= 0.3 is 0 Å². The van der Waals surface area contributed by atoms with E-state index >= 15 is 0 Å². The highest BCUT2D eigenvalue weighted by Gasteiger charge is 2.28. The van der Waals surface area contributed by atoms with Gasteiger partial charge in [-0.2, -0.15) is 0 Å². The van der Waals surface area contributed by atoms with E-state index in [4.69, 9.17) is 4.11 Å². The molecule has 0 radical (unpaired) electrons. The molecule has 4 aromatic heterocycles. The zero-order chi connectivity index (χ0) is 61.3. The van der Waals surface area contributed by atoms with Crippen molar-refractivity contribution in [3.05, 3.63) is 213 Å². The van der Waals surface area contributed by atoms with Crippen LogP contribution in [0, 0.1) is 48.4 Å². The Morgan fingerprint density at radius 2 is 0.658 bits per heavy atom. The minimum Gasteiger partial charge on any atom is -0.201 e. The first-order chi connectivity index (χ1) is 38.2. The van der Waals surface area contributed by atoms with Crippen LogP contribution in [0.3, 0.4) is 0 Å². The molecule has 0 fully saturated rings. The fourth-order valence-corrected chi connectivity index (χ4v) is 10.2. The minimum absolute atomic E-state index is 0.149. The molecule has 0 spiro atoms. The van der Waals surface area contributed by atoms with Gasteiger partial charge in [-0.05, 0) is 166 Å². The largest absolute Gasteiger partial charge is 0.212 e. The molecule has 4 heterocycles. The van der Waals surface area contributed by atoms with Gasteiger partial charge in [-0.15, -0.1) is 0 Å². The maximum absolute atomic E-state index is 7.53. The van der Waals surface area contributed by atoms with Crippen molar-refractivity contribution in [3.8, 4) is 45.0 Å². The van der Waals surface area contributed by atoms with Gasteiger partial charge in [-0.3, -0.25) is 0 Å². The van der Waals surface area contributed by atoms with Crippen molar-refractivity contribution in [1.29, 1.82) is 0 Å². The molecule has 0 aliphatic carbocycles. The number of rotatable bonds is 12. The molecule has 0 aliphatic rings. The van der Waals surface area contributed by atoms with Gasteiger partial charge in [0.1, 0.15) is 28.2 Å². The van der Waals surface area contributed by atoms with E-state index in [1.807, 2.05) is 20.0 Å². The number of aromatic nitrogens is 4. The summed E-state index contributed by atoms with van der Waals surface area (Å²) in [5.41, 5.74) is 24.4. The Kier molecular flexibility index (Phi) is 19.8. The molecule has 0 saturated carbocycles. The molecule has 4 aromatic carbocycles. The zero-order valence-electron chi connectivity index (χ0n) is 56.1. The molecular formula is C75H102N4+4. The average Bonchev–Trinajstić information content (AvgIpc) is 3.64. The summed E-state index contributed by atoms with van der Waals surface area (Å²) in [4.78, 5) is 0. The summed E-state index contributed by atoms with van der Waals surface area (Å²) in [6.45, 7) is 38.1.